The van der Waals surface area contributed by atoms with Crippen LogP contribution in [-0.2, 0) is 26.5 Å². The van der Waals surface area contributed by atoms with Gasteiger partial charge in [0, 0.05) is 18.2 Å². The molecule has 0 spiro atoms. The molecule has 3 atom stereocenters. The average molecular weight is 593 g/mol. The molecule has 1 N–H and O–H groups in total. The van der Waals surface area contributed by atoms with Crippen LogP contribution < -0.4 is 4.72 Å². The van der Waals surface area contributed by atoms with E-state index in [1.54, 1.807) is 30.3 Å². The molecule has 0 bridgehead atoms. The molecule has 214 valence electrons. The molecule has 0 amide bonds. The summed E-state index contributed by atoms with van der Waals surface area (Å²) in [6.07, 6.45) is 5.53. The van der Waals surface area contributed by atoms with E-state index in [0.717, 1.165) is 11.1 Å². The summed E-state index contributed by atoms with van der Waals surface area (Å²) >= 11 is 0. The van der Waals surface area contributed by atoms with Crippen molar-refractivity contribution >= 4 is 36.9 Å². The van der Waals surface area contributed by atoms with E-state index in [9.17, 15) is 16.8 Å². The zero-order valence-corrected chi connectivity index (χ0v) is 24.5. The highest BCUT2D eigenvalue weighted by molar-refractivity contribution is 7.90. The minimum absolute atomic E-state index is 0.0651. The summed E-state index contributed by atoms with van der Waals surface area (Å²) in [7, 11) is -7.31. The van der Waals surface area contributed by atoms with E-state index >= 15 is 0 Å². The monoisotopic (exact) mass is 592 g/mol. The van der Waals surface area contributed by atoms with Crippen LogP contribution in [0.2, 0.25) is 0 Å². The van der Waals surface area contributed by atoms with Crippen LogP contribution in [0.1, 0.15) is 49.1 Å². The molecule has 0 radical (unpaired) electrons. The molecule has 1 aliphatic carbocycles. The Balaban J connectivity index is 1.23. The molecule has 1 fully saturated rings. The van der Waals surface area contributed by atoms with Crippen molar-refractivity contribution in [3.63, 3.8) is 0 Å². The van der Waals surface area contributed by atoms with Gasteiger partial charge in [-0.25, -0.2) is 30.5 Å². The molecule has 6 rings (SSSR count). The predicted molar refractivity (Wildman–Crippen MR) is 157 cm³/mol. The molecule has 10 nitrogen and oxygen atoms in total. The molecule has 41 heavy (non-hydrogen) atoms. The number of aryl methyl sites for hydroxylation is 2. The summed E-state index contributed by atoms with van der Waals surface area (Å²) in [6.45, 7) is 3.99. The van der Waals surface area contributed by atoms with Crippen LogP contribution >= 0.6 is 0 Å². The first-order chi connectivity index (χ1) is 19.6. The fraction of sp³-hybridized carbons (Fsp3) is 0.345. The van der Waals surface area contributed by atoms with Gasteiger partial charge < -0.3 is 0 Å². The summed E-state index contributed by atoms with van der Waals surface area (Å²) < 4.78 is 58.6. The van der Waals surface area contributed by atoms with E-state index in [-0.39, 0.29) is 34.2 Å². The molecular formula is C29H32N6O4S2. The third-order valence-corrected chi connectivity index (χ3v) is 11.1. The Labute approximate surface area is 239 Å². The fourth-order valence-corrected chi connectivity index (χ4v) is 8.48. The first kappa shape index (κ1) is 27.6. The number of benzene rings is 2. The van der Waals surface area contributed by atoms with E-state index in [1.165, 1.54) is 16.4 Å². The Morgan fingerprint density at radius 2 is 1.71 bits per heavy atom. The number of nitrogens with one attached hydrogen (secondary N) is 1. The van der Waals surface area contributed by atoms with E-state index in [4.69, 9.17) is 0 Å². The Kier molecular flexibility index (Phi) is 7.16. The van der Waals surface area contributed by atoms with Gasteiger partial charge in [-0.15, -0.1) is 10.2 Å². The van der Waals surface area contributed by atoms with Gasteiger partial charge >= 0.3 is 0 Å². The minimum atomic E-state index is -3.86. The molecule has 5 aromatic rings. The lowest BCUT2D eigenvalue weighted by atomic mass is 9.97. The second-order valence-electron chi connectivity index (χ2n) is 10.9. The van der Waals surface area contributed by atoms with Gasteiger partial charge in [-0.1, -0.05) is 55.0 Å². The van der Waals surface area contributed by atoms with Crippen molar-refractivity contribution in [2.75, 3.05) is 5.75 Å². The summed E-state index contributed by atoms with van der Waals surface area (Å²) in [5.74, 6) is 0.822. The highest BCUT2D eigenvalue weighted by Gasteiger charge is 2.37. The molecule has 1 saturated carbocycles. The van der Waals surface area contributed by atoms with E-state index in [2.05, 4.69) is 26.8 Å². The Morgan fingerprint density at radius 1 is 0.951 bits per heavy atom. The molecule has 1 aliphatic rings. The minimum Gasteiger partial charge on any atom is -0.274 e. The summed E-state index contributed by atoms with van der Waals surface area (Å²) in [6, 6.07) is 18.1. The van der Waals surface area contributed by atoms with Crippen molar-refractivity contribution in [2.24, 2.45) is 5.92 Å². The molecule has 0 aliphatic heterocycles. The quantitative estimate of drug-likeness (QED) is 0.273. The molecule has 3 heterocycles. The van der Waals surface area contributed by atoms with Crippen molar-refractivity contribution in [1.29, 1.82) is 0 Å². The van der Waals surface area contributed by atoms with Crippen molar-refractivity contribution in [3.8, 4) is 0 Å². The van der Waals surface area contributed by atoms with Gasteiger partial charge in [0.15, 0.2) is 11.3 Å². The maximum absolute atomic E-state index is 13.4. The third-order valence-electron chi connectivity index (χ3n) is 7.92. The number of aromatic nitrogens is 5. The SMILES string of the molecule is Cc1ccc(S(=O)(=O)n2ccc3c2ncc2nnc([C@H]4C[C@@H](NS(=O)(=O)CCCc5ccccc5)C[C@H]4C)n23)cc1. The smallest absolute Gasteiger partial charge is 0.269 e. The number of sulfonamides is 1. The standard InChI is InChI=1S/C29H32N6O4S2/c1-20-10-12-24(13-11-20)41(38,39)34-15-14-26-29(34)30-19-27-31-32-28(35(26)27)25-18-23(17-21(25)2)33-40(36,37)16-6-9-22-7-4-3-5-8-22/h3-5,7-8,10-15,19,21,23,25,33H,6,9,16-18H2,1-2H3/t21-,23+,25+/m1/s1. The Bertz CT molecular complexity index is 1920. The highest BCUT2D eigenvalue weighted by Crippen LogP contribution is 2.40. The van der Waals surface area contributed by atoms with E-state index in [0.29, 0.717) is 42.7 Å². The van der Waals surface area contributed by atoms with E-state index < -0.39 is 20.0 Å². The van der Waals surface area contributed by atoms with Crippen LogP contribution in [0.15, 0.2) is 78.0 Å². The van der Waals surface area contributed by atoms with Gasteiger partial charge in [-0.05, 0) is 62.3 Å². The second kappa shape index (κ2) is 10.7. The number of nitrogens with zero attached hydrogens (tertiary/aromatic N) is 5. The lowest BCUT2D eigenvalue weighted by Crippen LogP contribution is -2.35. The summed E-state index contributed by atoms with van der Waals surface area (Å²) in [5, 5.41) is 8.78. The average Bonchev–Trinajstić information content (AvgIpc) is 3.65. The van der Waals surface area contributed by atoms with Crippen molar-refractivity contribution in [3.05, 3.63) is 90.0 Å². The number of rotatable bonds is 9. The number of hydrogen-bond donors (Lipinski definition) is 1. The maximum atomic E-state index is 13.4. The third kappa shape index (κ3) is 5.39. The van der Waals surface area contributed by atoms with Crippen molar-refractivity contribution in [2.45, 2.75) is 56.4 Å². The maximum Gasteiger partial charge on any atom is 0.269 e. The molecule has 2 aromatic carbocycles. The van der Waals surface area contributed by atoms with Crippen LogP contribution in [-0.4, -0.2) is 52.2 Å². The lowest BCUT2D eigenvalue weighted by Gasteiger charge is -2.14. The van der Waals surface area contributed by atoms with Gasteiger partial charge in [-0.3, -0.25) is 4.40 Å². The topological polar surface area (TPSA) is 128 Å². The Morgan fingerprint density at radius 3 is 2.46 bits per heavy atom. The van der Waals surface area contributed by atoms with Crippen LogP contribution in [0.3, 0.4) is 0 Å². The van der Waals surface area contributed by atoms with Crippen molar-refractivity contribution < 1.29 is 16.8 Å². The number of fused-ring (bicyclic) bond motifs is 3. The largest absolute Gasteiger partial charge is 0.274 e. The van der Waals surface area contributed by atoms with Crippen LogP contribution in [0.25, 0.3) is 16.8 Å². The normalized spacial score (nSPS) is 19.8. The molecule has 0 unspecified atom stereocenters. The summed E-state index contributed by atoms with van der Waals surface area (Å²) in [5.41, 5.74) is 3.46. The van der Waals surface area contributed by atoms with Crippen LogP contribution in [0, 0.1) is 12.8 Å². The van der Waals surface area contributed by atoms with Gasteiger partial charge in [-0.2, -0.15) is 0 Å². The zero-order valence-electron chi connectivity index (χ0n) is 22.9. The summed E-state index contributed by atoms with van der Waals surface area (Å²) in [4.78, 5) is 4.60. The fourth-order valence-electron chi connectivity index (χ4n) is 5.84. The zero-order chi connectivity index (χ0) is 28.8. The predicted octanol–water partition coefficient (Wildman–Crippen LogP) is 4.06. The molecule has 12 heteroatoms. The van der Waals surface area contributed by atoms with Crippen LogP contribution in [0.5, 0.6) is 0 Å². The van der Waals surface area contributed by atoms with Gasteiger partial charge in [0.2, 0.25) is 10.0 Å². The first-order valence-corrected chi connectivity index (χ1v) is 16.8. The Hall–Kier alpha value is -3.61. The first-order valence-electron chi connectivity index (χ1n) is 13.7. The van der Waals surface area contributed by atoms with Crippen LogP contribution in [0.4, 0.5) is 0 Å². The molecule has 3 aromatic heterocycles. The van der Waals surface area contributed by atoms with Gasteiger partial charge in [0.25, 0.3) is 10.0 Å². The lowest BCUT2D eigenvalue weighted by molar-refractivity contribution is 0.505. The van der Waals surface area contributed by atoms with Crippen molar-refractivity contribution in [1.82, 2.24) is 28.3 Å². The second-order valence-corrected chi connectivity index (χ2v) is 14.6. The van der Waals surface area contributed by atoms with Gasteiger partial charge in [0.1, 0.15) is 5.82 Å². The van der Waals surface area contributed by atoms with E-state index in [1.807, 2.05) is 41.7 Å². The molecular weight excluding hydrogens is 560 g/mol. The molecule has 0 saturated heterocycles. The highest BCUT2D eigenvalue weighted by atomic mass is 32.2. The van der Waals surface area contributed by atoms with Gasteiger partial charge in [0.05, 0.1) is 22.4 Å². The number of hydrogen-bond acceptors (Lipinski definition) is 7.